The normalized spacial score (nSPS) is 14.8. The summed E-state index contributed by atoms with van der Waals surface area (Å²) in [4.78, 5) is 8.76. The van der Waals surface area contributed by atoms with Crippen molar-refractivity contribution in [1.29, 1.82) is 0 Å². The number of nitrogens with two attached hydrogens (primary N) is 1. The highest BCUT2D eigenvalue weighted by Crippen LogP contribution is 2.35. The van der Waals surface area contributed by atoms with E-state index in [1.807, 2.05) is 23.1 Å². The molecule has 4 aromatic rings. The van der Waals surface area contributed by atoms with Crippen LogP contribution < -0.4 is 5.73 Å². The topological polar surface area (TPSA) is 105 Å². The van der Waals surface area contributed by atoms with E-state index in [0.717, 1.165) is 37.2 Å². The summed E-state index contributed by atoms with van der Waals surface area (Å²) >= 11 is 12.5. The van der Waals surface area contributed by atoms with Crippen LogP contribution >= 0.6 is 23.2 Å². The van der Waals surface area contributed by atoms with Gasteiger partial charge in [-0.25, -0.2) is 4.98 Å². The summed E-state index contributed by atoms with van der Waals surface area (Å²) in [6.45, 7) is 1.50. The minimum Gasteiger partial charge on any atom is -0.383 e. The first kappa shape index (κ1) is 20.0. The van der Waals surface area contributed by atoms with Crippen LogP contribution in [0.1, 0.15) is 18.9 Å². The molecule has 8 nitrogen and oxygen atoms in total. The molecule has 0 radical (unpaired) electrons. The Morgan fingerprint density at radius 2 is 1.84 bits per heavy atom. The predicted molar refractivity (Wildman–Crippen MR) is 118 cm³/mol. The molecule has 31 heavy (non-hydrogen) atoms. The van der Waals surface area contributed by atoms with Crippen LogP contribution in [0, 0.1) is 0 Å². The minimum atomic E-state index is 0.231. The number of hydrogen-bond donors (Lipinski definition) is 1. The third-order valence-electron chi connectivity index (χ3n) is 5.26. The molecule has 0 saturated carbocycles. The Labute approximate surface area is 187 Å². The van der Waals surface area contributed by atoms with Crippen molar-refractivity contribution in [3.8, 4) is 34.0 Å². The fourth-order valence-electron chi connectivity index (χ4n) is 3.59. The van der Waals surface area contributed by atoms with Gasteiger partial charge < -0.3 is 15.0 Å². The van der Waals surface area contributed by atoms with Crippen molar-refractivity contribution in [3.05, 3.63) is 52.9 Å². The van der Waals surface area contributed by atoms with Gasteiger partial charge in [-0.05, 0) is 31.0 Å². The summed E-state index contributed by atoms with van der Waals surface area (Å²) in [6, 6.07) is 7.37. The standard InChI is InChI=1S/C21H18Cl2N6O2/c22-16-2-1-3-17(23)18(16)20-27-21(31-28-20)15-8-12(9-25-19(15)24)13-10-26-29(11-13)14-4-6-30-7-5-14/h1-3,8-11,14H,4-7H2,(H2,24,25). The third-order valence-corrected chi connectivity index (χ3v) is 5.89. The van der Waals surface area contributed by atoms with Crippen molar-refractivity contribution in [1.82, 2.24) is 24.9 Å². The average molecular weight is 457 g/mol. The Bertz CT molecular complexity index is 1210. The van der Waals surface area contributed by atoms with Crippen LogP contribution in [0.5, 0.6) is 0 Å². The maximum atomic E-state index is 6.26. The Morgan fingerprint density at radius 1 is 1.06 bits per heavy atom. The fourth-order valence-corrected chi connectivity index (χ4v) is 4.15. The molecule has 1 aliphatic rings. The number of aromatic nitrogens is 5. The van der Waals surface area contributed by atoms with Gasteiger partial charge in [0.05, 0.1) is 33.4 Å². The molecule has 0 atom stereocenters. The van der Waals surface area contributed by atoms with E-state index in [-0.39, 0.29) is 17.5 Å². The van der Waals surface area contributed by atoms with Crippen molar-refractivity contribution in [2.45, 2.75) is 18.9 Å². The molecular weight excluding hydrogens is 439 g/mol. The number of rotatable bonds is 4. The van der Waals surface area contributed by atoms with Gasteiger partial charge in [-0.2, -0.15) is 10.1 Å². The van der Waals surface area contributed by atoms with Crippen molar-refractivity contribution in [2.24, 2.45) is 0 Å². The summed E-state index contributed by atoms with van der Waals surface area (Å²) in [5, 5.41) is 9.41. The molecule has 0 spiro atoms. The van der Waals surface area contributed by atoms with Gasteiger partial charge in [0.1, 0.15) is 5.82 Å². The fraction of sp³-hybridized carbons (Fsp3) is 0.238. The van der Waals surface area contributed by atoms with Gasteiger partial charge in [0, 0.05) is 36.7 Å². The number of hydrogen-bond acceptors (Lipinski definition) is 7. The van der Waals surface area contributed by atoms with E-state index >= 15 is 0 Å². The molecule has 1 aromatic carbocycles. The van der Waals surface area contributed by atoms with Crippen LogP contribution in [0.2, 0.25) is 10.0 Å². The summed E-state index contributed by atoms with van der Waals surface area (Å²) in [5.74, 6) is 0.790. The van der Waals surface area contributed by atoms with E-state index in [1.165, 1.54) is 0 Å². The van der Waals surface area contributed by atoms with E-state index < -0.39 is 0 Å². The lowest BCUT2D eigenvalue weighted by atomic mass is 10.1. The molecule has 10 heteroatoms. The summed E-state index contributed by atoms with van der Waals surface area (Å²) in [7, 11) is 0. The van der Waals surface area contributed by atoms with Crippen LogP contribution in [-0.2, 0) is 4.74 Å². The second-order valence-corrected chi connectivity index (χ2v) is 8.04. The highest BCUT2D eigenvalue weighted by Gasteiger charge is 2.20. The number of anilines is 1. The average Bonchev–Trinajstić information content (AvgIpc) is 3.45. The Balaban J connectivity index is 1.47. The first-order valence-corrected chi connectivity index (χ1v) is 10.5. The van der Waals surface area contributed by atoms with Gasteiger partial charge in [-0.15, -0.1) is 0 Å². The first-order chi connectivity index (χ1) is 15.1. The minimum absolute atomic E-state index is 0.231. The molecule has 0 unspecified atom stereocenters. The monoisotopic (exact) mass is 456 g/mol. The largest absolute Gasteiger partial charge is 0.383 e. The Kier molecular flexibility index (Phi) is 5.35. The van der Waals surface area contributed by atoms with Crippen LogP contribution in [0.4, 0.5) is 5.82 Å². The van der Waals surface area contributed by atoms with Gasteiger partial charge in [0.25, 0.3) is 5.89 Å². The molecule has 1 fully saturated rings. The summed E-state index contributed by atoms with van der Waals surface area (Å²) < 4.78 is 12.9. The molecule has 3 aromatic heterocycles. The quantitative estimate of drug-likeness (QED) is 0.465. The predicted octanol–water partition coefficient (Wildman–Crippen LogP) is 4.90. The van der Waals surface area contributed by atoms with Crippen LogP contribution in [0.25, 0.3) is 34.0 Å². The lowest BCUT2D eigenvalue weighted by Gasteiger charge is -2.22. The van der Waals surface area contributed by atoms with Gasteiger partial charge in [-0.1, -0.05) is 34.4 Å². The highest BCUT2D eigenvalue weighted by atomic mass is 35.5. The molecule has 158 valence electrons. The molecule has 1 aliphatic heterocycles. The molecule has 1 saturated heterocycles. The zero-order valence-corrected chi connectivity index (χ0v) is 17.8. The van der Waals surface area contributed by atoms with Crippen LogP contribution in [0.3, 0.4) is 0 Å². The van der Waals surface area contributed by atoms with Crippen molar-refractivity contribution in [3.63, 3.8) is 0 Å². The van der Waals surface area contributed by atoms with Gasteiger partial charge >= 0.3 is 0 Å². The SMILES string of the molecule is Nc1ncc(-c2cnn(C3CCOCC3)c2)cc1-c1nc(-c2c(Cl)cccc2Cl)no1. The van der Waals surface area contributed by atoms with Gasteiger partial charge in [0.2, 0.25) is 5.82 Å². The lowest BCUT2D eigenvalue weighted by molar-refractivity contribution is 0.0662. The number of pyridine rings is 1. The van der Waals surface area contributed by atoms with Crippen LogP contribution in [0.15, 0.2) is 47.4 Å². The number of halogens is 2. The second-order valence-electron chi connectivity index (χ2n) is 7.23. The Morgan fingerprint density at radius 3 is 2.61 bits per heavy atom. The van der Waals surface area contributed by atoms with Crippen molar-refractivity contribution in [2.75, 3.05) is 18.9 Å². The van der Waals surface area contributed by atoms with E-state index in [9.17, 15) is 0 Å². The maximum Gasteiger partial charge on any atom is 0.262 e. The van der Waals surface area contributed by atoms with Crippen molar-refractivity contribution >= 4 is 29.0 Å². The van der Waals surface area contributed by atoms with E-state index in [0.29, 0.717) is 27.2 Å². The number of nitrogens with zero attached hydrogens (tertiary/aromatic N) is 5. The number of nitrogen functional groups attached to an aromatic ring is 1. The first-order valence-electron chi connectivity index (χ1n) is 9.76. The van der Waals surface area contributed by atoms with E-state index in [4.69, 9.17) is 38.2 Å². The molecule has 0 bridgehead atoms. The van der Waals surface area contributed by atoms with Crippen LogP contribution in [-0.4, -0.2) is 38.1 Å². The lowest BCUT2D eigenvalue weighted by Crippen LogP contribution is -2.19. The second kappa shape index (κ2) is 8.30. The third kappa shape index (κ3) is 3.89. The Hall–Kier alpha value is -2.94. The molecular formula is C21H18Cl2N6O2. The number of benzene rings is 1. The summed E-state index contributed by atoms with van der Waals surface area (Å²) in [6.07, 6.45) is 7.42. The van der Waals surface area contributed by atoms with Gasteiger partial charge in [-0.3, -0.25) is 4.68 Å². The summed E-state index contributed by atoms with van der Waals surface area (Å²) in [5.41, 5.74) is 8.90. The van der Waals surface area contributed by atoms with E-state index in [1.54, 1.807) is 24.4 Å². The van der Waals surface area contributed by atoms with E-state index in [2.05, 4.69) is 20.2 Å². The zero-order valence-electron chi connectivity index (χ0n) is 16.3. The van der Waals surface area contributed by atoms with Crippen molar-refractivity contribution < 1.29 is 9.26 Å². The molecule has 0 aliphatic carbocycles. The highest BCUT2D eigenvalue weighted by molar-refractivity contribution is 6.38. The molecule has 0 amide bonds. The smallest absolute Gasteiger partial charge is 0.262 e. The molecule has 4 heterocycles. The number of ether oxygens (including phenoxy) is 1. The maximum absolute atomic E-state index is 6.26. The molecule has 2 N–H and O–H groups in total. The zero-order chi connectivity index (χ0) is 21.4. The molecule has 5 rings (SSSR count). The van der Waals surface area contributed by atoms with Gasteiger partial charge in [0.15, 0.2) is 0 Å².